The minimum atomic E-state index is -1.60. The molecule has 0 saturated carbocycles. The number of rotatable bonds is 4. The van der Waals surface area contributed by atoms with Crippen molar-refractivity contribution in [1.82, 2.24) is 15.0 Å². The molecule has 1 spiro atoms. The maximum absolute atomic E-state index is 13.7. The molecule has 2 fully saturated rings. The summed E-state index contributed by atoms with van der Waals surface area (Å²) in [5.74, 6) is -4.37. The third-order valence-corrected chi connectivity index (χ3v) is 7.25. The van der Waals surface area contributed by atoms with Crippen molar-refractivity contribution in [3.05, 3.63) is 65.1 Å². The normalized spacial score (nSPS) is 28.6. The van der Waals surface area contributed by atoms with Crippen LogP contribution in [0.5, 0.6) is 0 Å². The van der Waals surface area contributed by atoms with E-state index in [1.807, 2.05) is 23.1 Å². The van der Waals surface area contributed by atoms with Gasteiger partial charge in [-0.2, -0.15) is 0 Å². The molecule has 1 aromatic heterocycles. The van der Waals surface area contributed by atoms with Gasteiger partial charge in [0.25, 0.3) is 0 Å². The molecule has 0 amide bonds. The first-order valence-electron chi connectivity index (χ1n) is 11.4. The molecule has 0 bridgehead atoms. The Labute approximate surface area is 209 Å². The van der Waals surface area contributed by atoms with Crippen LogP contribution >= 0.6 is 11.6 Å². The number of para-hydroxylation sites is 1. The Kier molecular flexibility index (Phi) is 6.69. The quantitative estimate of drug-likeness (QED) is 0.451. The fourth-order valence-electron chi connectivity index (χ4n) is 5.17. The number of aliphatic hydroxyl groups excluding tert-OH is 3. The number of hydrogen-bond acceptors (Lipinski definition) is 7. The van der Waals surface area contributed by atoms with E-state index in [0.717, 1.165) is 17.8 Å². The Hall–Kier alpha value is -2.70. The van der Waals surface area contributed by atoms with Crippen LogP contribution in [-0.2, 0) is 4.74 Å². The average Bonchev–Trinajstić information content (AvgIpc) is 3.35. The summed E-state index contributed by atoms with van der Waals surface area (Å²) in [6.45, 7) is 0.371. The van der Waals surface area contributed by atoms with Gasteiger partial charge in [-0.3, -0.25) is 0 Å². The van der Waals surface area contributed by atoms with Crippen molar-refractivity contribution >= 4 is 17.3 Å². The van der Waals surface area contributed by atoms with E-state index in [9.17, 15) is 28.5 Å². The van der Waals surface area contributed by atoms with Gasteiger partial charge in [0.1, 0.15) is 35.6 Å². The van der Waals surface area contributed by atoms with Crippen LogP contribution in [0.25, 0.3) is 11.3 Å². The van der Waals surface area contributed by atoms with Gasteiger partial charge in [0.2, 0.25) is 0 Å². The molecule has 12 heteroatoms. The SMILES string of the molecule is OC[C@H]1O[C@@]2(CCCN(c3ccccc3Cl)C2)[C@@H](O)[C@@H](n2cc(-c3cc(F)c(F)c(F)c3)nn2)[C@H]1O. The molecule has 3 aromatic rings. The second kappa shape index (κ2) is 9.64. The maximum atomic E-state index is 13.7. The fraction of sp³-hybridized carbons (Fsp3) is 0.417. The lowest BCUT2D eigenvalue weighted by molar-refractivity contribution is -0.257. The monoisotopic (exact) mass is 524 g/mol. The number of halogens is 4. The average molecular weight is 525 g/mol. The van der Waals surface area contributed by atoms with E-state index in [4.69, 9.17) is 16.3 Å². The Morgan fingerprint density at radius 1 is 1.14 bits per heavy atom. The zero-order valence-electron chi connectivity index (χ0n) is 18.9. The Balaban J connectivity index is 1.49. The molecule has 8 nitrogen and oxygen atoms in total. The molecule has 192 valence electrons. The first-order chi connectivity index (χ1) is 17.2. The summed E-state index contributed by atoms with van der Waals surface area (Å²) >= 11 is 6.39. The smallest absolute Gasteiger partial charge is 0.194 e. The topological polar surface area (TPSA) is 104 Å². The number of aliphatic hydroxyl groups is 3. The van der Waals surface area contributed by atoms with Gasteiger partial charge in [-0.1, -0.05) is 28.9 Å². The van der Waals surface area contributed by atoms with Crippen molar-refractivity contribution in [2.75, 3.05) is 24.6 Å². The molecule has 36 heavy (non-hydrogen) atoms. The zero-order chi connectivity index (χ0) is 25.6. The van der Waals surface area contributed by atoms with Crippen LogP contribution < -0.4 is 4.90 Å². The van der Waals surface area contributed by atoms with Gasteiger partial charge in [0.15, 0.2) is 17.5 Å². The molecule has 2 saturated heterocycles. The molecule has 2 aliphatic heterocycles. The van der Waals surface area contributed by atoms with Crippen LogP contribution in [0.15, 0.2) is 42.6 Å². The summed E-state index contributed by atoms with van der Waals surface area (Å²) in [4.78, 5) is 1.98. The van der Waals surface area contributed by atoms with Crippen molar-refractivity contribution in [2.45, 2.75) is 42.8 Å². The Morgan fingerprint density at radius 3 is 2.56 bits per heavy atom. The lowest BCUT2D eigenvalue weighted by atomic mass is 9.78. The van der Waals surface area contributed by atoms with Gasteiger partial charge in [-0.25, -0.2) is 17.9 Å². The molecule has 3 N–H and O–H groups in total. The van der Waals surface area contributed by atoms with Gasteiger partial charge in [0, 0.05) is 18.7 Å². The summed E-state index contributed by atoms with van der Waals surface area (Å²) in [5.41, 5.74) is -0.477. The third-order valence-electron chi connectivity index (χ3n) is 6.93. The molecular formula is C24H24ClF3N4O4. The standard InChI is InChI=1S/C24H24ClF3N4O4/c25-14-4-1-2-5-18(14)31-7-3-6-24(12-31)23(35)21(22(34)19(11-33)36-24)32-10-17(29-30-32)13-8-15(26)20(28)16(27)9-13/h1-2,4-5,8-10,19,21-23,33-35H,3,6-7,11-12H2/t19-,21+,22+,23+,24-/m1/s1. The van der Waals surface area contributed by atoms with E-state index in [2.05, 4.69) is 10.3 Å². The maximum Gasteiger partial charge on any atom is 0.194 e. The van der Waals surface area contributed by atoms with Crippen LogP contribution in [0, 0.1) is 17.5 Å². The zero-order valence-corrected chi connectivity index (χ0v) is 19.7. The lowest BCUT2D eigenvalue weighted by Crippen LogP contribution is -2.67. The highest BCUT2D eigenvalue weighted by molar-refractivity contribution is 6.33. The number of nitrogens with zero attached hydrogens (tertiary/aromatic N) is 4. The van der Waals surface area contributed by atoms with Gasteiger partial charge >= 0.3 is 0 Å². The molecule has 2 aromatic carbocycles. The van der Waals surface area contributed by atoms with Crippen molar-refractivity contribution in [3.8, 4) is 11.3 Å². The largest absolute Gasteiger partial charge is 0.394 e. The predicted molar refractivity (Wildman–Crippen MR) is 124 cm³/mol. The molecule has 0 unspecified atom stereocenters. The van der Waals surface area contributed by atoms with E-state index in [1.54, 1.807) is 6.07 Å². The number of anilines is 1. The molecule has 5 rings (SSSR count). The minimum absolute atomic E-state index is 0.00892. The highest BCUT2D eigenvalue weighted by atomic mass is 35.5. The predicted octanol–water partition coefficient (Wildman–Crippen LogP) is 2.71. The molecule has 0 radical (unpaired) electrons. The number of ether oxygens (including phenoxy) is 1. The molecule has 5 atom stereocenters. The third kappa shape index (κ3) is 4.24. The van der Waals surface area contributed by atoms with E-state index in [1.165, 1.54) is 10.9 Å². The first kappa shape index (κ1) is 25.0. The Morgan fingerprint density at radius 2 is 1.86 bits per heavy atom. The number of piperidine rings is 1. The van der Waals surface area contributed by atoms with Gasteiger partial charge in [-0.15, -0.1) is 5.10 Å². The second-order valence-electron chi connectivity index (χ2n) is 9.14. The van der Waals surface area contributed by atoms with Crippen molar-refractivity contribution in [1.29, 1.82) is 0 Å². The van der Waals surface area contributed by atoms with Crippen LogP contribution in [0.1, 0.15) is 18.9 Å². The number of benzene rings is 2. The Bertz CT molecular complexity index is 1240. The summed E-state index contributed by atoms with van der Waals surface area (Å²) < 4.78 is 48.2. The van der Waals surface area contributed by atoms with E-state index >= 15 is 0 Å². The summed E-state index contributed by atoms with van der Waals surface area (Å²) in [6, 6.07) is 7.75. The highest BCUT2D eigenvalue weighted by Gasteiger charge is 2.56. The summed E-state index contributed by atoms with van der Waals surface area (Å²) in [5, 5.41) is 40.9. The van der Waals surface area contributed by atoms with E-state index < -0.39 is 54.0 Å². The highest BCUT2D eigenvalue weighted by Crippen LogP contribution is 2.43. The van der Waals surface area contributed by atoms with Crippen LogP contribution in [0.4, 0.5) is 18.9 Å². The molecule has 3 heterocycles. The van der Waals surface area contributed by atoms with Crippen LogP contribution in [0.2, 0.25) is 5.02 Å². The van der Waals surface area contributed by atoms with E-state index in [0.29, 0.717) is 24.4 Å². The van der Waals surface area contributed by atoms with Gasteiger partial charge in [0.05, 0.1) is 23.5 Å². The molecule has 2 aliphatic rings. The van der Waals surface area contributed by atoms with E-state index in [-0.39, 0.29) is 17.8 Å². The van der Waals surface area contributed by atoms with Crippen molar-refractivity contribution in [2.24, 2.45) is 0 Å². The first-order valence-corrected chi connectivity index (χ1v) is 11.8. The van der Waals surface area contributed by atoms with Crippen LogP contribution in [-0.4, -0.2) is 73.9 Å². The van der Waals surface area contributed by atoms with Crippen molar-refractivity contribution < 1.29 is 33.2 Å². The molecule has 0 aliphatic carbocycles. The summed E-state index contributed by atoms with van der Waals surface area (Å²) in [7, 11) is 0. The number of aromatic nitrogens is 3. The minimum Gasteiger partial charge on any atom is -0.394 e. The second-order valence-corrected chi connectivity index (χ2v) is 9.55. The lowest BCUT2D eigenvalue weighted by Gasteiger charge is -2.54. The van der Waals surface area contributed by atoms with Gasteiger partial charge in [-0.05, 0) is 37.1 Å². The van der Waals surface area contributed by atoms with Gasteiger partial charge < -0.3 is 25.0 Å². The molecular weight excluding hydrogens is 501 g/mol. The summed E-state index contributed by atoms with van der Waals surface area (Å²) in [6.07, 6.45) is -1.34. The number of hydrogen-bond donors (Lipinski definition) is 3. The fourth-order valence-corrected chi connectivity index (χ4v) is 5.42. The van der Waals surface area contributed by atoms with Crippen molar-refractivity contribution in [3.63, 3.8) is 0 Å². The van der Waals surface area contributed by atoms with Crippen LogP contribution in [0.3, 0.4) is 0 Å².